The summed E-state index contributed by atoms with van der Waals surface area (Å²) in [7, 11) is 1.79. The maximum absolute atomic E-state index is 13.3. The molecule has 0 spiro atoms. The van der Waals surface area contributed by atoms with Crippen LogP contribution in [-0.2, 0) is 0 Å². The van der Waals surface area contributed by atoms with E-state index in [2.05, 4.69) is 5.32 Å². The summed E-state index contributed by atoms with van der Waals surface area (Å²) in [6, 6.07) is 6.13. The van der Waals surface area contributed by atoms with E-state index in [1.165, 1.54) is 12.1 Å². The summed E-state index contributed by atoms with van der Waals surface area (Å²) in [5, 5.41) is 2.95. The van der Waals surface area contributed by atoms with Crippen molar-refractivity contribution < 1.29 is 9.18 Å². The Labute approximate surface area is 89.5 Å². The predicted octanol–water partition coefficient (Wildman–Crippen LogP) is 2.25. The van der Waals surface area contributed by atoms with Gasteiger partial charge in [0.15, 0.2) is 5.78 Å². The van der Waals surface area contributed by atoms with Gasteiger partial charge in [0.1, 0.15) is 5.82 Å². The van der Waals surface area contributed by atoms with Crippen molar-refractivity contribution in [2.45, 2.75) is 13.3 Å². The molecule has 1 unspecified atom stereocenters. The zero-order chi connectivity index (χ0) is 11.3. The first-order valence-corrected chi connectivity index (χ1v) is 5.14. The summed E-state index contributed by atoms with van der Waals surface area (Å²) < 4.78 is 13.3. The van der Waals surface area contributed by atoms with Gasteiger partial charge in [-0.2, -0.15) is 0 Å². The molecule has 0 radical (unpaired) electrons. The molecule has 82 valence electrons. The fourth-order valence-corrected chi connectivity index (χ4v) is 1.55. The Morgan fingerprint density at radius 2 is 2.13 bits per heavy atom. The molecule has 0 aromatic heterocycles. The molecule has 0 saturated heterocycles. The number of carbonyl (C=O) groups excluding carboxylic acids is 1. The lowest BCUT2D eigenvalue weighted by atomic mass is 9.95. The first-order chi connectivity index (χ1) is 7.20. The first-order valence-electron chi connectivity index (χ1n) is 5.14. The Balaban J connectivity index is 2.88. The summed E-state index contributed by atoms with van der Waals surface area (Å²) in [6.45, 7) is 2.52. The van der Waals surface area contributed by atoms with Gasteiger partial charge < -0.3 is 5.32 Å². The number of halogens is 1. The van der Waals surface area contributed by atoms with Crippen LogP contribution >= 0.6 is 0 Å². The Morgan fingerprint density at radius 1 is 1.47 bits per heavy atom. The van der Waals surface area contributed by atoms with Crippen LogP contribution in [0.5, 0.6) is 0 Å². The van der Waals surface area contributed by atoms with E-state index in [0.29, 0.717) is 13.0 Å². The first kappa shape index (κ1) is 11.9. The smallest absolute Gasteiger partial charge is 0.170 e. The molecular weight excluding hydrogens is 193 g/mol. The molecule has 0 aliphatic heterocycles. The highest BCUT2D eigenvalue weighted by Crippen LogP contribution is 2.14. The maximum atomic E-state index is 13.3. The lowest BCUT2D eigenvalue weighted by molar-refractivity contribution is 0.0912. The highest BCUT2D eigenvalue weighted by Gasteiger charge is 2.19. The minimum atomic E-state index is -0.433. The van der Waals surface area contributed by atoms with Gasteiger partial charge in [-0.1, -0.05) is 19.1 Å². The molecule has 0 saturated carbocycles. The molecule has 0 fully saturated rings. The molecule has 1 rings (SSSR count). The lowest BCUT2D eigenvalue weighted by Crippen LogP contribution is -2.26. The Bertz CT molecular complexity index is 338. The highest BCUT2D eigenvalue weighted by molar-refractivity contribution is 5.98. The summed E-state index contributed by atoms with van der Waals surface area (Å²) in [6.07, 6.45) is 0.716. The molecule has 0 amide bonds. The van der Waals surface area contributed by atoms with Crippen molar-refractivity contribution in [3.8, 4) is 0 Å². The van der Waals surface area contributed by atoms with Gasteiger partial charge in [-0.3, -0.25) is 4.79 Å². The number of Topliss-reactive ketones (excluding diaryl/α,β-unsaturated/α-hetero) is 1. The summed E-state index contributed by atoms with van der Waals surface area (Å²) in [4.78, 5) is 11.9. The van der Waals surface area contributed by atoms with E-state index in [-0.39, 0.29) is 17.3 Å². The van der Waals surface area contributed by atoms with Crippen LogP contribution in [0.2, 0.25) is 0 Å². The van der Waals surface area contributed by atoms with E-state index >= 15 is 0 Å². The Hall–Kier alpha value is -1.22. The van der Waals surface area contributed by atoms with Gasteiger partial charge in [0.2, 0.25) is 0 Å². The number of ketones is 1. The molecule has 1 N–H and O–H groups in total. The van der Waals surface area contributed by atoms with Gasteiger partial charge in [0.05, 0.1) is 5.56 Å². The van der Waals surface area contributed by atoms with Gasteiger partial charge >= 0.3 is 0 Å². The molecule has 1 aromatic rings. The second kappa shape index (κ2) is 5.61. The highest BCUT2D eigenvalue weighted by atomic mass is 19.1. The Morgan fingerprint density at radius 3 is 2.67 bits per heavy atom. The molecule has 0 aliphatic rings. The number of benzene rings is 1. The van der Waals surface area contributed by atoms with Crippen molar-refractivity contribution in [3.05, 3.63) is 35.6 Å². The molecule has 3 heteroatoms. The SMILES string of the molecule is CCC(CNC)C(=O)c1ccccc1F. The van der Waals surface area contributed by atoms with E-state index in [1.807, 2.05) is 6.92 Å². The molecule has 0 aliphatic carbocycles. The van der Waals surface area contributed by atoms with Crippen LogP contribution in [0.4, 0.5) is 4.39 Å². The number of carbonyl (C=O) groups is 1. The molecular formula is C12H16FNO. The van der Waals surface area contributed by atoms with Gasteiger partial charge in [-0.15, -0.1) is 0 Å². The zero-order valence-corrected chi connectivity index (χ0v) is 9.09. The van der Waals surface area contributed by atoms with Crippen LogP contribution in [0.15, 0.2) is 24.3 Å². The van der Waals surface area contributed by atoms with Crippen LogP contribution in [0.3, 0.4) is 0 Å². The number of nitrogens with one attached hydrogen (secondary N) is 1. The molecule has 0 bridgehead atoms. The quantitative estimate of drug-likeness (QED) is 0.754. The number of rotatable bonds is 5. The van der Waals surface area contributed by atoms with Gasteiger partial charge in [-0.25, -0.2) is 4.39 Å². The van der Waals surface area contributed by atoms with Crippen LogP contribution in [0, 0.1) is 11.7 Å². The van der Waals surface area contributed by atoms with E-state index in [9.17, 15) is 9.18 Å². The van der Waals surface area contributed by atoms with Crippen molar-refractivity contribution >= 4 is 5.78 Å². The van der Waals surface area contributed by atoms with Crippen molar-refractivity contribution in [2.24, 2.45) is 5.92 Å². The molecule has 1 aromatic carbocycles. The molecule has 1 atom stereocenters. The average Bonchev–Trinajstić information content (AvgIpc) is 2.25. The van der Waals surface area contributed by atoms with Crippen molar-refractivity contribution in [2.75, 3.05) is 13.6 Å². The third-order valence-electron chi connectivity index (χ3n) is 2.45. The monoisotopic (exact) mass is 209 g/mol. The lowest BCUT2D eigenvalue weighted by Gasteiger charge is -2.13. The second-order valence-corrected chi connectivity index (χ2v) is 3.51. The third kappa shape index (κ3) is 2.86. The predicted molar refractivity (Wildman–Crippen MR) is 58.4 cm³/mol. The second-order valence-electron chi connectivity index (χ2n) is 3.51. The third-order valence-corrected chi connectivity index (χ3v) is 2.45. The molecule has 2 nitrogen and oxygen atoms in total. The maximum Gasteiger partial charge on any atom is 0.170 e. The van der Waals surface area contributed by atoms with Crippen LogP contribution < -0.4 is 5.32 Å². The van der Waals surface area contributed by atoms with Gasteiger partial charge in [-0.05, 0) is 25.6 Å². The summed E-state index contributed by atoms with van der Waals surface area (Å²) in [5.74, 6) is -0.700. The largest absolute Gasteiger partial charge is 0.319 e. The van der Waals surface area contributed by atoms with E-state index in [0.717, 1.165) is 0 Å². The van der Waals surface area contributed by atoms with Crippen LogP contribution in [0.25, 0.3) is 0 Å². The van der Waals surface area contributed by atoms with Crippen molar-refractivity contribution in [1.29, 1.82) is 0 Å². The van der Waals surface area contributed by atoms with E-state index < -0.39 is 5.82 Å². The van der Waals surface area contributed by atoms with E-state index in [4.69, 9.17) is 0 Å². The summed E-state index contributed by atoms with van der Waals surface area (Å²) in [5.41, 5.74) is 0.194. The number of hydrogen-bond donors (Lipinski definition) is 1. The summed E-state index contributed by atoms with van der Waals surface area (Å²) >= 11 is 0. The zero-order valence-electron chi connectivity index (χ0n) is 9.09. The molecule has 0 heterocycles. The van der Waals surface area contributed by atoms with E-state index in [1.54, 1.807) is 19.2 Å². The van der Waals surface area contributed by atoms with Crippen molar-refractivity contribution in [3.63, 3.8) is 0 Å². The normalized spacial score (nSPS) is 12.5. The van der Waals surface area contributed by atoms with Crippen molar-refractivity contribution in [1.82, 2.24) is 5.32 Å². The van der Waals surface area contributed by atoms with Gasteiger partial charge in [0, 0.05) is 12.5 Å². The van der Waals surface area contributed by atoms with Gasteiger partial charge in [0.25, 0.3) is 0 Å². The van der Waals surface area contributed by atoms with Crippen LogP contribution in [-0.4, -0.2) is 19.4 Å². The molecule has 15 heavy (non-hydrogen) atoms. The minimum Gasteiger partial charge on any atom is -0.319 e. The fourth-order valence-electron chi connectivity index (χ4n) is 1.55. The number of hydrogen-bond acceptors (Lipinski definition) is 2. The fraction of sp³-hybridized carbons (Fsp3) is 0.417. The topological polar surface area (TPSA) is 29.1 Å². The standard InChI is InChI=1S/C12H16FNO/c1-3-9(8-14-2)12(15)10-6-4-5-7-11(10)13/h4-7,9,14H,3,8H2,1-2H3. The van der Waals surface area contributed by atoms with Crippen LogP contribution in [0.1, 0.15) is 23.7 Å². The Kier molecular flexibility index (Phi) is 4.43. The minimum absolute atomic E-state index is 0.120. The average molecular weight is 209 g/mol.